The summed E-state index contributed by atoms with van der Waals surface area (Å²) in [6.07, 6.45) is 0.797. The normalized spacial score (nSPS) is 10.6. The van der Waals surface area contributed by atoms with Crippen LogP contribution < -0.4 is 20.1 Å². The minimum atomic E-state index is -0.419. The number of ether oxygens (including phenoxy) is 2. The smallest absolute Gasteiger partial charge is 0.255 e. The standard InChI is InChI=1S/C24H26ClN3O5/c1-5-10-26-24(30)18-8-7-17(25)12-20(18)27-23(29)16-6-9-21(22(11-16)31-4)32-13-19-14(2)28-33-15(19)3/h6-9,11-12H,5,10,13H2,1-4H3,(H,26,30)(H,27,29). The number of amides is 2. The molecule has 1 aromatic heterocycles. The number of rotatable bonds is 9. The summed E-state index contributed by atoms with van der Waals surface area (Å²) < 4.78 is 16.4. The summed E-state index contributed by atoms with van der Waals surface area (Å²) in [7, 11) is 1.49. The maximum atomic E-state index is 12.9. The maximum absolute atomic E-state index is 12.9. The Labute approximate surface area is 197 Å². The molecule has 0 aliphatic heterocycles. The molecule has 33 heavy (non-hydrogen) atoms. The van der Waals surface area contributed by atoms with E-state index in [4.69, 9.17) is 25.6 Å². The van der Waals surface area contributed by atoms with Gasteiger partial charge in [-0.05, 0) is 56.7 Å². The minimum absolute atomic E-state index is 0.252. The highest BCUT2D eigenvalue weighted by atomic mass is 35.5. The number of nitrogens with one attached hydrogen (secondary N) is 2. The van der Waals surface area contributed by atoms with Gasteiger partial charge in [-0.2, -0.15) is 0 Å². The number of methoxy groups -OCH3 is 1. The predicted octanol–water partition coefficient (Wildman–Crippen LogP) is 4.92. The van der Waals surface area contributed by atoms with Gasteiger partial charge in [-0.1, -0.05) is 23.7 Å². The number of carbonyl (C=O) groups excluding carboxylic acids is 2. The Bertz CT molecular complexity index is 1140. The molecular weight excluding hydrogens is 446 g/mol. The molecule has 0 aliphatic rings. The fraction of sp³-hybridized carbons (Fsp3) is 0.292. The van der Waals surface area contributed by atoms with Gasteiger partial charge in [-0.25, -0.2) is 0 Å². The van der Waals surface area contributed by atoms with Crippen LogP contribution in [0.1, 0.15) is 51.1 Å². The zero-order chi connectivity index (χ0) is 24.0. The lowest BCUT2D eigenvalue weighted by molar-refractivity contribution is 0.0954. The predicted molar refractivity (Wildman–Crippen MR) is 125 cm³/mol. The second-order valence-electron chi connectivity index (χ2n) is 7.36. The molecule has 3 rings (SSSR count). The average Bonchev–Trinajstić information content (AvgIpc) is 3.13. The van der Waals surface area contributed by atoms with Crippen molar-refractivity contribution in [3.63, 3.8) is 0 Å². The van der Waals surface area contributed by atoms with Crippen LogP contribution in [-0.4, -0.2) is 30.6 Å². The van der Waals surface area contributed by atoms with E-state index in [-0.39, 0.29) is 12.5 Å². The average molecular weight is 472 g/mol. The molecule has 0 atom stereocenters. The highest BCUT2D eigenvalue weighted by Crippen LogP contribution is 2.30. The van der Waals surface area contributed by atoms with Crippen LogP contribution in [0.15, 0.2) is 40.9 Å². The van der Waals surface area contributed by atoms with Crippen molar-refractivity contribution < 1.29 is 23.6 Å². The van der Waals surface area contributed by atoms with E-state index in [9.17, 15) is 9.59 Å². The molecule has 8 nitrogen and oxygen atoms in total. The molecule has 2 aromatic carbocycles. The summed E-state index contributed by atoms with van der Waals surface area (Å²) in [6, 6.07) is 9.56. The molecule has 2 amide bonds. The van der Waals surface area contributed by atoms with Crippen LogP contribution >= 0.6 is 11.6 Å². The monoisotopic (exact) mass is 471 g/mol. The second kappa shape index (κ2) is 10.9. The van der Waals surface area contributed by atoms with Gasteiger partial charge in [0, 0.05) is 17.1 Å². The van der Waals surface area contributed by atoms with E-state index in [0.29, 0.717) is 45.6 Å². The molecule has 0 unspecified atom stereocenters. The molecule has 0 saturated heterocycles. The van der Waals surface area contributed by atoms with E-state index >= 15 is 0 Å². The molecule has 174 valence electrons. The van der Waals surface area contributed by atoms with Gasteiger partial charge in [0.05, 0.1) is 29.6 Å². The molecular formula is C24H26ClN3O5. The van der Waals surface area contributed by atoms with Crippen molar-refractivity contribution in [2.24, 2.45) is 0 Å². The molecule has 3 aromatic rings. The number of hydrogen-bond acceptors (Lipinski definition) is 6. The molecule has 2 N–H and O–H groups in total. The molecule has 0 saturated carbocycles. The van der Waals surface area contributed by atoms with Crippen LogP contribution in [0, 0.1) is 13.8 Å². The van der Waals surface area contributed by atoms with E-state index in [0.717, 1.165) is 17.7 Å². The highest BCUT2D eigenvalue weighted by molar-refractivity contribution is 6.31. The summed E-state index contributed by atoms with van der Waals surface area (Å²) in [6.45, 7) is 6.39. The van der Waals surface area contributed by atoms with Gasteiger partial charge in [0.15, 0.2) is 11.5 Å². The van der Waals surface area contributed by atoms with Crippen LogP contribution in [0.25, 0.3) is 0 Å². The van der Waals surface area contributed by atoms with Crippen LogP contribution in [0.2, 0.25) is 5.02 Å². The van der Waals surface area contributed by atoms with Crippen molar-refractivity contribution in [1.82, 2.24) is 10.5 Å². The molecule has 0 spiro atoms. The van der Waals surface area contributed by atoms with Crippen molar-refractivity contribution in [3.8, 4) is 11.5 Å². The Morgan fingerprint density at radius 3 is 2.55 bits per heavy atom. The maximum Gasteiger partial charge on any atom is 0.255 e. The number of halogens is 1. The highest BCUT2D eigenvalue weighted by Gasteiger charge is 2.17. The number of aromatic nitrogens is 1. The van der Waals surface area contributed by atoms with Gasteiger partial charge >= 0.3 is 0 Å². The first-order chi connectivity index (χ1) is 15.8. The van der Waals surface area contributed by atoms with E-state index in [1.54, 1.807) is 36.4 Å². The Kier molecular flexibility index (Phi) is 7.95. The minimum Gasteiger partial charge on any atom is -0.493 e. The quantitative estimate of drug-likeness (QED) is 0.459. The third-order valence-electron chi connectivity index (χ3n) is 4.99. The van der Waals surface area contributed by atoms with Crippen LogP contribution in [0.5, 0.6) is 11.5 Å². The number of aryl methyl sites for hydroxylation is 2. The topological polar surface area (TPSA) is 103 Å². The van der Waals surface area contributed by atoms with E-state index in [2.05, 4.69) is 15.8 Å². The zero-order valence-electron chi connectivity index (χ0n) is 19.0. The first-order valence-electron chi connectivity index (χ1n) is 10.5. The Morgan fingerprint density at radius 1 is 1.09 bits per heavy atom. The number of carbonyl (C=O) groups is 2. The Hall–Kier alpha value is -3.52. The molecule has 0 aliphatic carbocycles. The lowest BCUT2D eigenvalue weighted by Crippen LogP contribution is -2.25. The van der Waals surface area contributed by atoms with Crippen molar-refractivity contribution in [2.45, 2.75) is 33.8 Å². The van der Waals surface area contributed by atoms with Crippen molar-refractivity contribution in [3.05, 3.63) is 69.6 Å². The van der Waals surface area contributed by atoms with Crippen molar-refractivity contribution in [2.75, 3.05) is 19.0 Å². The summed E-state index contributed by atoms with van der Waals surface area (Å²) in [4.78, 5) is 25.4. The summed E-state index contributed by atoms with van der Waals surface area (Å²) in [5.74, 6) is 0.836. The van der Waals surface area contributed by atoms with Gasteiger partial charge < -0.3 is 24.6 Å². The number of anilines is 1. The first kappa shape index (κ1) is 24.1. The summed E-state index contributed by atoms with van der Waals surface area (Å²) in [5, 5.41) is 9.88. The van der Waals surface area contributed by atoms with Crippen molar-refractivity contribution in [1.29, 1.82) is 0 Å². The van der Waals surface area contributed by atoms with Crippen LogP contribution in [0.4, 0.5) is 5.69 Å². The molecule has 9 heteroatoms. The fourth-order valence-electron chi connectivity index (χ4n) is 3.13. The molecule has 0 radical (unpaired) electrons. The summed E-state index contributed by atoms with van der Waals surface area (Å²) in [5.41, 5.74) is 2.58. The van der Waals surface area contributed by atoms with Crippen molar-refractivity contribution >= 4 is 29.1 Å². The number of benzene rings is 2. The molecule has 0 fully saturated rings. The zero-order valence-corrected chi connectivity index (χ0v) is 19.7. The lowest BCUT2D eigenvalue weighted by atomic mass is 10.1. The van der Waals surface area contributed by atoms with Gasteiger partial charge in [-0.3, -0.25) is 9.59 Å². The number of nitrogens with zero attached hydrogens (tertiary/aromatic N) is 1. The van der Waals surface area contributed by atoms with E-state index in [1.165, 1.54) is 7.11 Å². The van der Waals surface area contributed by atoms with E-state index < -0.39 is 5.91 Å². The van der Waals surface area contributed by atoms with Crippen LogP contribution in [-0.2, 0) is 6.61 Å². The largest absolute Gasteiger partial charge is 0.493 e. The first-order valence-corrected chi connectivity index (χ1v) is 10.8. The molecule has 1 heterocycles. The third-order valence-corrected chi connectivity index (χ3v) is 5.22. The Morgan fingerprint density at radius 2 is 1.88 bits per heavy atom. The van der Waals surface area contributed by atoms with Gasteiger partial charge in [0.1, 0.15) is 12.4 Å². The lowest BCUT2D eigenvalue weighted by Gasteiger charge is -2.14. The third kappa shape index (κ3) is 5.84. The summed E-state index contributed by atoms with van der Waals surface area (Å²) >= 11 is 6.09. The van der Waals surface area contributed by atoms with Crippen LogP contribution in [0.3, 0.4) is 0 Å². The number of hydrogen-bond donors (Lipinski definition) is 2. The van der Waals surface area contributed by atoms with E-state index in [1.807, 2.05) is 20.8 Å². The second-order valence-corrected chi connectivity index (χ2v) is 7.79. The Balaban J connectivity index is 1.78. The molecule has 0 bridgehead atoms. The van der Waals surface area contributed by atoms with Gasteiger partial charge in [0.2, 0.25) is 0 Å². The SMILES string of the molecule is CCCNC(=O)c1ccc(Cl)cc1NC(=O)c1ccc(OCc2c(C)noc2C)c(OC)c1. The van der Waals surface area contributed by atoms with Gasteiger partial charge in [0.25, 0.3) is 11.8 Å². The van der Waals surface area contributed by atoms with Gasteiger partial charge in [-0.15, -0.1) is 0 Å². The fourth-order valence-corrected chi connectivity index (χ4v) is 3.30.